The van der Waals surface area contributed by atoms with E-state index in [2.05, 4.69) is 10.3 Å². The first-order valence-electron chi connectivity index (χ1n) is 8.39. The van der Waals surface area contributed by atoms with Crippen LogP contribution in [-0.4, -0.2) is 18.0 Å². The largest absolute Gasteiger partial charge is 0.493 e. The van der Waals surface area contributed by atoms with E-state index in [1.165, 1.54) is 12.1 Å². The molecular formula is C19H20ClF3N2O2. The van der Waals surface area contributed by atoms with Gasteiger partial charge in [0, 0.05) is 16.6 Å². The van der Waals surface area contributed by atoms with Gasteiger partial charge in [-0.05, 0) is 50.1 Å². The van der Waals surface area contributed by atoms with E-state index >= 15 is 0 Å². The predicted octanol–water partition coefficient (Wildman–Crippen LogP) is 5.59. The second kappa shape index (κ2) is 9.08. The second-order valence-corrected chi connectivity index (χ2v) is 6.61. The lowest BCUT2D eigenvalue weighted by Gasteiger charge is -2.17. The van der Waals surface area contributed by atoms with Crippen molar-refractivity contribution in [3.05, 3.63) is 52.3 Å². The van der Waals surface area contributed by atoms with Crippen LogP contribution in [0.25, 0.3) is 0 Å². The van der Waals surface area contributed by atoms with Gasteiger partial charge in [-0.3, -0.25) is 9.78 Å². The normalized spacial score (nSPS) is 12.5. The molecule has 0 bridgehead atoms. The summed E-state index contributed by atoms with van der Waals surface area (Å²) in [5, 5.41) is 2.62. The van der Waals surface area contributed by atoms with E-state index in [-0.39, 0.29) is 23.3 Å². The van der Waals surface area contributed by atoms with Crippen LogP contribution in [0, 0.1) is 6.92 Å². The van der Waals surface area contributed by atoms with Crippen LogP contribution < -0.4 is 10.1 Å². The highest BCUT2D eigenvalue weighted by molar-refractivity contribution is 6.30. The maximum Gasteiger partial charge on any atom is 0.420 e. The fourth-order valence-electron chi connectivity index (χ4n) is 2.70. The Bertz CT molecular complexity index is 797. The Hall–Kier alpha value is -2.28. The SMILES string of the molecule is Cc1ccc(NC=O)c(C(C)CCCOc2ccc(Cl)cc2C(F)(F)F)n1. The number of benzene rings is 1. The predicted molar refractivity (Wildman–Crippen MR) is 98.3 cm³/mol. The first-order chi connectivity index (χ1) is 12.7. The Morgan fingerprint density at radius 3 is 2.70 bits per heavy atom. The number of rotatable bonds is 8. The number of nitrogens with one attached hydrogen (secondary N) is 1. The van der Waals surface area contributed by atoms with Crippen molar-refractivity contribution in [1.82, 2.24) is 4.98 Å². The summed E-state index contributed by atoms with van der Waals surface area (Å²) in [5.41, 5.74) is 1.30. The highest BCUT2D eigenvalue weighted by Crippen LogP contribution is 2.38. The Kier molecular flexibility index (Phi) is 7.07. The number of hydrogen-bond donors (Lipinski definition) is 1. The van der Waals surface area contributed by atoms with E-state index in [1.54, 1.807) is 12.1 Å². The Morgan fingerprint density at radius 2 is 2.04 bits per heavy atom. The molecule has 0 saturated heterocycles. The monoisotopic (exact) mass is 400 g/mol. The molecule has 0 radical (unpaired) electrons. The number of ether oxygens (including phenoxy) is 1. The van der Waals surface area contributed by atoms with Gasteiger partial charge in [0.05, 0.1) is 23.6 Å². The van der Waals surface area contributed by atoms with E-state index in [0.717, 1.165) is 17.5 Å². The molecule has 1 aromatic heterocycles. The van der Waals surface area contributed by atoms with Crippen LogP contribution in [-0.2, 0) is 11.0 Å². The molecule has 8 heteroatoms. The zero-order valence-corrected chi connectivity index (χ0v) is 15.7. The average Bonchev–Trinajstić information content (AvgIpc) is 2.60. The summed E-state index contributed by atoms with van der Waals surface area (Å²) in [6.07, 6.45) is -2.78. The number of nitrogens with zero attached hydrogens (tertiary/aromatic N) is 1. The minimum Gasteiger partial charge on any atom is -0.493 e. The number of aryl methyl sites for hydroxylation is 1. The van der Waals surface area contributed by atoms with Crippen LogP contribution in [0.2, 0.25) is 5.02 Å². The molecule has 4 nitrogen and oxygen atoms in total. The van der Waals surface area contributed by atoms with E-state index in [1.807, 2.05) is 13.8 Å². The molecule has 146 valence electrons. The van der Waals surface area contributed by atoms with Gasteiger partial charge in [-0.15, -0.1) is 0 Å². The van der Waals surface area contributed by atoms with Crippen molar-refractivity contribution in [3.8, 4) is 5.75 Å². The summed E-state index contributed by atoms with van der Waals surface area (Å²) >= 11 is 5.65. The summed E-state index contributed by atoms with van der Waals surface area (Å²) in [4.78, 5) is 15.2. The third-order valence-corrected chi connectivity index (χ3v) is 4.27. The van der Waals surface area contributed by atoms with E-state index in [0.29, 0.717) is 24.9 Å². The number of halogens is 4. The number of carbonyl (C=O) groups is 1. The molecule has 1 unspecified atom stereocenters. The van der Waals surface area contributed by atoms with Gasteiger partial charge in [0.2, 0.25) is 6.41 Å². The molecule has 0 saturated carbocycles. The van der Waals surface area contributed by atoms with Gasteiger partial charge in [-0.25, -0.2) is 0 Å². The van der Waals surface area contributed by atoms with Crippen molar-refractivity contribution in [2.45, 2.75) is 38.8 Å². The second-order valence-electron chi connectivity index (χ2n) is 6.18. The van der Waals surface area contributed by atoms with Gasteiger partial charge in [0.1, 0.15) is 5.75 Å². The molecule has 0 aliphatic heterocycles. The number of pyridine rings is 1. The molecule has 1 atom stereocenters. The van der Waals surface area contributed by atoms with E-state index < -0.39 is 11.7 Å². The number of alkyl halides is 3. The Balaban J connectivity index is 1.98. The zero-order valence-electron chi connectivity index (χ0n) is 14.9. The number of amides is 1. The summed E-state index contributed by atoms with van der Waals surface area (Å²) in [7, 11) is 0. The highest BCUT2D eigenvalue weighted by Gasteiger charge is 2.34. The lowest BCUT2D eigenvalue weighted by molar-refractivity contribution is -0.139. The van der Waals surface area contributed by atoms with Crippen molar-refractivity contribution < 1.29 is 22.7 Å². The first kappa shape index (κ1) is 21.0. The smallest absolute Gasteiger partial charge is 0.420 e. The Labute approximate surface area is 160 Å². The minimum absolute atomic E-state index is 0.00301. The zero-order chi connectivity index (χ0) is 20.0. The van der Waals surface area contributed by atoms with Gasteiger partial charge in [0.25, 0.3) is 0 Å². The fourth-order valence-corrected chi connectivity index (χ4v) is 2.87. The van der Waals surface area contributed by atoms with Crippen molar-refractivity contribution in [1.29, 1.82) is 0 Å². The van der Waals surface area contributed by atoms with Crippen LogP contribution in [0.4, 0.5) is 18.9 Å². The number of carbonyl (C=O) groups excluding carboxylic acids is 1. The molecule has 1 N–H and O–H groups in total. The molecule has 0 spiro atoms. The highest BCUT2D eigenvalue weighted by atomic mass is 35.5. The van der Waals surface area contributed by atoms with Gasteiger partial charge in [0.15, 0.2) is 0 Å². The minimum atomic E-state index is -4.53. The number of aromatic nitrogens is 1. The molecule has 1 aromatic carbocycles. The molecule has 2 rings (SSSR count). The van der Waals surface area contributed by atoms with Crippen LogP contribution in [0.3, 0.4) is 0 Å². The third kappa shape index (κ3) is 5.85. The van der Waals surface area contributed by atoms with Crippen LogP contribution in [0.1, 0.15) is 42.6 Å². The average molecular weight is 401 g/mol. The van der Waals surface area contributed by atoms with E-state index in [4.69, 9.17) is 16.3 Å². The van der Waals surface area contributed by atoms with Gasteiger partial charge < -0.3 is 10.1 Å². The molecule has 27 heavy (non-hydrogen) atoms. The quantitative estimate of drug-likeness (QED) is 0.464. The molecule has 1 heterocycles. The van der Waals surface area contributed by atoms with Gasteiger partial charge in [-0.1, -0.05) is 18.5 Å². The summed E-state index contributed by atoms with van der Waals surface area (Å²) in [6.45, 7) is 3.92. The van der Waals surface area contributed by atoms with Crippen LogP contribution >= 0.6 is 11.6 Å². The standard InChI is InChI=1S/C19H20ClF3N2O2/c1-12(18-16(24-11-26)7-5-13(2)25-18)4-3-9-27-17-8-6-14(20)10-15(17)19(21,22)23/h5-8,10-12H,3-4,9H2,1-2H3,(H,24,26). The van der Waals surface area contributed by atoms with Crippen molar-refractivity contribution in [2.24, 2.45) is 0 Å². The fraction of sp³-hybridized carbons (Fsp3) is 0.368. The number of hydrogen-bond acceptors (Lipinski definition) is 3. The summed E-state index contributed by atoms with van der Waals surface area (Å²) in [6, 6.07) is 7.02. The molecular weight excluding hydrogens is 381 g/mol. The van der Waals surface area contributed by atoms with Gasteiger partial charge >= 0.3 is 6.18 Å². The lowest BCUT2D eigenvalue weighted by Crippen LogP contribution is -2.10. The van der Waals surface area contributed by atoms with Crippen molar-refractivity contribution >= 4 is 23.7 Å². The lowest BCUT2D eigenvalue weighted by atomic mass is 9.99. The summed E-state index contributed by atoms with van der Waals surface area (Å²) in [5.74, 6) is -0.236. The molecule has 0 aliphatic rings. The van der Waals surface area contributed by atoms with Gasteiger partial charge in [-0.2, -0.15) is 13.2 Å². The van der Waals surface area contributed by atoms with Crippen LogP contribution in [0.15, 0.2) is 30.3 Å². The molecule has 0 aliphatic carbocycles. The van der Waals surface area contributed by atoms with Crippen LogP contribution in [0.5, 0.6) is 5.75 Å². The van der Waals surface area contributed by atoms with Crippen molar-refractivity contribution in [2.75, 3.05) is 11.9 Å². The molecule has 2 aromatic rings. The maximum absolute atomic E-state index is 13.1. The maximum atomic E-state index is 13.1. The van der Waals surface area contributed by atoms with E-state index in [9.17, 15) is 18.0 Å². The third-order valence-electron chi connectivity index (χ3n) is 4.03. The Morgan fingerprint density at radius 1 is 1.30 bits per heavy atom. The topological polar surface area (TPSA) is 51.2 Å². The van der Waals surface area contributed by atoms with Crippen molar-refractivity contribution in [3.63, 3.8) is 0 Å². The molecule has 1 amide bonds. The molecule has 0 fully saturated rings. The summed E-state index contributed by atoms with van der Waals surface area (Å²) < 4.78 is 44.5. The number of anilines is 1. The first-order valence-corrected chi connectivity index (χ1v) is 8.77.